The molecule has 0 heterocycles. The van der Waals surface area contributed by atoms with E-state index in [1.54, 1.807) is 12.1 Å². The van der Waals surface area contributed by atoms with Crippen molar-refractivity contribution in [3.63, 3.8) is 0 Å². The summed E-state index contributed by atoms with van der Waals surface area (Å²) in [6.07, 6.45) is -8.95. The zero-order valence-electron chi connectivity index (χ0n) is 17.2. The summed E-state index contributed by atoms with van der Waals surface area (Å²) < 4.78 is 128. The number of phenols is 1. The molecular formula is C23H15F9O2. The van der Waals surface area contributed by atoms with E-state index in [-0.39, 0.29) is 23.8 Å². The van der Waals surface area contributed by atoms with Crippen LogP contribution in [0.3, 0.4) is 0 Å². The summed E-state index contributed by atoms with van der Waals surface area (Å²) in [6, 6.07) is 5.52. The highest BCUT2D eigenvalue weighted by Gasteiger charge is 2.44. The summed E-state index contributed by atoms with van der Waals surface area (Å²) in [5.41, 5.74) is -4.42. The third-order valence-electron chi connectivity index (χ3n) is 4.81. The number of rotatable bonds is 6. The lowest BCUT2D eigenvalue weighted by Crippen LogP contribution is -2.26. The van der Waals surface area contributed by atoms with Gasteiger partial charge in [0, 0.05) is 18.2 Å². The topological polar surface area (TPSA) is 29.5 Å². The second kappa shape index (κ2) is 9.11. The molecule has 0 unspecified atom stereocenters. The Morgan fingerprint density at radius 2 is 1.32 bits per heavy atom. The van der Waals surface area contributed by atoms with Crippen molar-refractivity contribution in [2.75, 3.05) is 0 Å². The van der Waals surface area contributed by atoms with Gasteiger partial charge in [0.05, 0.1) is 5.56 Å². The smallest absolute Gasteiger partial charge is 0.432 e. The first kappa shape index (κ1) is 25.3. The van der Waals surface area contributed by atoms with Crippen LogP contribution in [0.4, 0.5) is 39.5 Å². The van der Waals surface area contributed by atoms with Gasteiger partial charge in [0.2, 0.25) is 0 Å². The molecule has 3 aromatic rings. The monoisotopic (exact) mass is 494 g/mol. The normalized spacial score (nSPS) is 12.2. The van der Waals surface area contributed by atoms with Crippen molar-refractivity contribution in [1.29, 1.82) is 0 Å². The van der Waals surface area contributed by atoms with Gasteiger partial charge in [-0.05, 0) is 17.5 Å². The molecule has 182 valence electrons. The molecule has 0 radical (unpaired) electrons. The quantitative estimate of drug-likeness (QED) is 0.356. The molecule has 0 saturated heterocycles. The number of phenolic OH excluding ortho intramolecular Hbond substituents is 1. The fourth-order valence-electron chi connectivity index (χ4n) is 3.35. The van der Waals surface area contributed by atoms with Gasteiger partial charge in [0.25, 0.3) is 0 Å². The number of aryl methyl sites for hydroxylation is 1. The minimum atomic E-state index is -5.47. The van der Waals surface area contributed by atoms with E-state index in [1.165, 1.54) is 12.1 Å². The van der Waals surface area contributed by atoms with Crippen LogP contribution in [0.1, 0.15) is 30.0 Å². The van der Waals surface area contributed by atoms with E-state index < -0.39 is 63.7 Å². The zero-order valence-corrected chi connectivity index (χ0v) is 17.2. The van der Waals surface area contributed by atoms with Crippen molar-refractivity contribution in [3.8, 4) is 22.6 Å². The van der Waals surface area contributed by atoms with E-state index in [4.69, 9.17) is 0 Å². The standard InChI is InChI=1S/C23H15F9O2/c1-2-3-11-4-6-12(7-5-11)18-17(33)10-16(26)20(21(18)27)23(31,32)34-13-8-14(24)19(15(25)9-13)22(28,29)30/h4-10,33H,2-3H2,1H3. The molecule has 3 rings (SSSR count). The Morgan fingerprint density at radius 3 is 1.82 bits per heavy atom. The van der Waals surface area contributed by atoms with E-state index in [0.29, 0.717) is 6.42 Å². The van der Waals surface area contributed by atoms with Gasteiger partial charge in [-0.15, -0.1) is 0 Å². The number of alkyl halides is 5. The summed E-state index contributed by atoms with van der Waals surface area (Å²) >= 11 is 0. The molecule has 0 saturated carbocycles. The zero-order chi connectivity index (χ0) is 25.4. The van der Waals surface area contributed by atoms with E-state index in [1.807, 2.05) is 6.92 Å². The molecule has 0 bridgehead atoms. The highest BCUT2D eigenvalue weighted by molar-refractivity contribution is 5.72. The van der Waals surface area contributed by atoms with Crippen LogP contribution in [0.25, 0.3) is 11.1 Å². The molecule has 0 spiro atoms. The molecule has 0 amide bonds. The van der Waals surface area contributed by atoms with Crippen LogP contribution in [-0.2, 0) is 18.7 Å². The highest BCUT2D eigenvalue weighted by atomic mass is 19.4. The van der Waals surface area contributed by atoms with Crippen molar-refractivity contribution in [3.05, 3.63) is 82.4 Å². The number of hydrogen-bond acceptors (Lipinski definition) is 2. The third kappa shape index (κ3) is 4.92. The van der Waals surface area contributed by atoms with Crippen LogP contribution < -0.4 is 4.74 Å². The van der Waals surface area contributed by atoms with Crippen molar-refractivity contribution < 1.29 is 49.4 Å². The molecule has 0 aromatic heterocycles. The average Bonchev–Trinajstić information content (AvgIpc) is 2.66. The van der Waals surface area contributed by atoms with Crippen molar-refractivity contribution in [2.24, 2.45) is 0 Å². The largest absolute Gasteiger partial charge is 0.507 e. The minimum Gasteiger partial charge on any atom is -0.507 e. The molecular weight excluding hydrogens is 479 g/mol. The van der Waals surface area contributed by atoms with Crippen LogP contribution in [-0.4, -0.2) is 5.11 Å². The molecule has 1 N–H and O–H groups in total. The number of ether oxygens (including phenoxy) is 1. The van der Waals surface area contributed by atoms with Crippen molar-refractivity contribution in [1.82, 2.24) is 0 Å². The van der Waals surface area contributed by atoms with Gasteiger partial charge < -0.3 is 9.84 Å². The first-order valence-electron chi connectivity index (χ1n) is 9.70. The summed E-state index contributed by atoms with van der Waals surface area (Å²) in [4.78, 5) is 0. The maximum atomic E-state index is 15.0. The highest BCUT2D eigenvalue weighted by Crippen LogP contribution is 2.43. The minimum absolute atomic E-state index is 0.0847. The molecule has 11 heteroatoms. The molecule has 0 aliphatic rings. The lowest BCUT2D eigenvalue weighted by atomic mass is 9.98. The SMILES string of the molecule is CCCc1ccc(-c2c(O)cc(F)c(C(F)(F)Oc3cc(F)c(C(F)(F)F)c(F)c3)c2F)cc1. The molecule has 34 heavy (non-hydrogen) atoms. The summed E-state index contributed by atoms with van der Waals surface area (Å²) in [5, 5.41) is 9.99. The predicted molar refractivity (Wildman–Crippen MR) is 103 cm³/mol. The predicted octanol–water partition coefficient (Wildman–Crippen LogP) is 7.72. The van der Waals surface area contributed by atoms with E-state index in [0.717, 1.165) is 12.0 Å². The Labute approximate surface area is 187 Å². The van der Waals surface area contributed by atoms with E-state index >= 15 is 4.39 Å². The summed E-state index contributed by atoms with van der Waals surface area (Å²) in [7, 11) is 0. The van der Waals surface area contributed by atoms with Gasteiger partial charge in [-0.25, -0.2) is 17.6 Å². The molecule has 0 fully saturated rings. The van der Waals surface area contributed by atoms with Gasteiger partial charge in [0.1, 0.15) is 40.1 Å². The summed E-state index contributed by atoms with van der Waals surface area (Å²) in [6.45, 7) is 1.90. The first-order chi connectivity index (χ1) is 15.8. The lowest BCUT2D eigenvalue weighted by molar-refractivity contribution is -0.189. The lowest BCUT2D eigenvalue weighted by Gasteiger charge is -2.21. The number of aromatic hydroxyl groups is 1. The molecule has 0 aliphatic heterocycles. The number of hydrogen-bond donors (Lipinski definition) is 1. The maximum absolute atomic E-state index is 15.0. The van der Waals surface area contributed by atoms with Crippen molar-refractivity contribution in [2.45, 2.75) is 32.1 Å². The van der Waals surface area contributed by atoms with Gasteiger partial charge in [-0.2, -0.15) is 22.0 Å². The molecule has 2 nitrogen and oxygen atoms in total. The van der Waals surface area contributed by atoms with Gasteiger partial charge in [-0.3, -0.25) is 0 Å². The second-order valence-electron chi connectivity index (χ2n) is 7.27. The Morgan fingerprint density at radius 1 is 0.794 bits per heavy atom. The molecule has 3 aromatic carbocycles. The molecule has 0 atom stereocenters. The van der Waals surface area contributed by atoms with E-state index in [9.17, 15) is 40.2 Å². The Bertz CT molecular complexity index is 1180. The van der Waals surface area contributed by atoms with E-state index in [2.05, 4.69) is 4.74 Å². The third-order valence-corrected chi connectivity index (χ3v) is 4.81. The van der Waals surface area contributed by atoms with Gasteiger partial charge >= 0.3 is 12.3 Å². The number of halogens is 9. The molecule has 0 aliphatic carbocycles. The fourth-order valence-corrected chi connectivity index (χ4v) is 3.35. The van der Waals surface area contributed by atoms with Crippen LogP contribution in [0.15, 0.2) is 42.5 Å². The Kier molecular flexibility index (Phi) is 6.77. The fraction of sp³-hybridized carbons (Fsp3) is 0.217. The second-order valence-corrected chi connectivity index (χ2v) is 7.27. The average molecular weight is 494 g/mol. The van der Waals surface area contributed by atoms with Crippen LogP contribution in [0.5, 0.6) is 11.5 Å². The van der Waals surface area contributed by atoms with Gasteiger partial charge in [-0.1, -0.05) is 37.6 Å². The maximum Gasteiger partial charge on any atom is 0.432 e. The van der Waals surface area contributed by atoms with Crippen LogP contribution >= 0.6 is 0 Å². The first-order valence-corrected chi connectivity index (χ1v) is 9.70. The van der Waals surface area contributed by atoms with Crippen LogP contribution in [0, 0.1) is 23.3 Å². The Hall–Kier alpha value is -3.37. The summed E-state index contributed by atoms with van der Waals surface area (Å²) in [5.74, 6) is -10.9. The Balaban J connectivity index is 2.06. The van der Waals surface area contributed by atoms with Crippen LogP contribution in [0.2, 0.25) is 0 Å². The van der Waals surface area contributed by atoms with Crippen molar-refractivity contribution >= 4 is 0 Å². The number of benzene rings is 3. The van der Waals surface area contributed by atoms with Gasteiger partial charge in [0.15, 0.2) is 5.82 Å².